The Hall–Kier alpha value is -0.120. The third-order valence-electron chi connectivity index (χ3n) is 5.19. The Kier molecular flexibility index (Phi) is 24.8. The SMILES string of the molecule is CCCCCCCCCCCCCCCCCCOCCOCCOC(C)C. The highest BCUT2D eigenvalue weighted by Crippen LogP contribution is 2.13. The molecule has 0 amide bonds. The first-order valence-corrected chi connectivity index (χ1v) is 12.5. The van der Waals surface area contributed by atoms with E-state index in [9.17, 15) is 0 Å². The number of rotatable bonds is 24. The third kappa shape index (κ3) is 25.9. The zero-order valence-electron chi connectivity index (χ0n) is 19.7. The molecule has 0 aromatic rings. The van der Waals surface area contributed by atoms with Gasteiger partial charge in [-0.3, -0.25) is 0 Å². The van der Waals surface area contributed by atoms with E-state index in [1.165, 1.54) is 103 Å². The molecule has 3 heteroatoms. The zero-order valence-corrected chi connectivity index (χ0v) is 19.7. The van der Waals surface area contributed by atoms with Crippen LogP contribution < -0.4 is 0 Å². The van der Waals surface area contributed by atoms with E-state index in [4.69, 9.17) is 14.2 Å². The molecule has 0 heterocycles. The molecule has 0 aliphatic heterocycles. The van der Waals surface area contributed by atoms with Crippen LogP contribution in [0, 0.1) is 0 Å². The van der Waals surface area contributed by atoms with Crippen molar-refractivity contribution < 1.29 is 14.2 Å². The third-order valence-corrected chi connectivity index (χ3v) is 5.19. The molecule has 0 fully saturated rings. The van der Waals surface area contributed by atoms with E-state index >= 15 is 0 Å². The lowest BCUT2D eigenvalue weighted by Crippen LogP contribution is -2.12. The molecule has 0 aromatic carbocycles. The highest BCUT2D eigenvalue weighted by molar-refractivity contribution is 4.50. The average Bonchev–Trinajstić information content (AvgIpc) is 2.68. The molecule has 0 spiro atoms. The monoisotopic (exact) mass is 400 g/mol. The smallest absolute Gasteiger partial charge is 0.0703 e. The number of unbranched alkanes of at least 4 members (excludes halogenated alkanes) is 15. The van der Waals surface area contributed by atoms with Gasteiger partial charge in [-0.2, -0.15) is 0 Å². The first-order valence-electron chi connectivity index (χ1n) is 12.5. The van der Waals surface area contributed by atoms with E-state index in [1.54, 1.807) is 0 Å². The Balaban J connectivity index is 2.98. The molecular weight excluding hydrogens is 348 g/mol. The number of hydrogen-bond acceptors (Lipinski definition) is 3. The summed E-state index contributed by atoms with van der Waals surface area (Å²) in [4.78, 5) is 0. The fourth-order valence-electron chi connectivity index (χ4n) is 3.42. The summed E-state index contributed by atoms with van der Waals surface area (Å²) in [6, 6.07) is 0. The molecule has 0 saturated carbocycles. The summed E-state index contributed by atoms with van der Waals surface area (Å²) in [6.45, 7) is 9.99. The van der Waals surface area contributed by atoms with Crippen molar-refractivity contribution in [3.05, 3.63) is 0 Å². The Labute approximate surface area is 177 Å². The number of hydrogen-bond donors (Lipinski definition) is 0. The van der Waals surface area contributed by atoms with E-state index in [2.05, 4.69) is 6.92 Å². The van der Waals surface area contributed by atoms with Crippen molar-refractivity contribution in [1.29, 1.82) is 0 Å². The minimum Gasteiger partial charge on any atom is -0.379 e. The Morgan fingerprint density at radius 1 is 0.429 bits per heavy atom. The van der Waals surface area contributed by atoms with Crippen LogP contribution in [0.3, 0.4) is 0 Å². The van der Waals surface area contributed by atoms with Gasteiger partial charge in [0.15, 0.2) is 0 Å². The van der Waals surface area contributed by atoms with Crippen molar-refractivity contribution in [2.75, 3.05) is 33.0 Å². The van der Waals surface area contributed by atoms with Crippen LogP contribution in [0.2, 0.25) is 0 Å². The molecule has 0 N–H and O–H groups in total. The molecule has 0 aromatic heterocycles. The van der Waals surface area contributed by atoms with Gasteiger partial charge in [0.2, 0.25) is 0 Å². The molecule has 0 aliphatic rings. The second-order valence-electron chi connectivity index (χ2n) is 8.45. The van der Waals surface area contributed by atoms with Gasteiger partial charge in [-0.05, 0) is 20.3 Å². The highest BCUT2D eigenvalue weighted by Gasteiger charge is 1.96. The lowest BCUT2D eigenvalue weighted by atomic mass is 10.0. The van der Waals surface area contributed by atoms with Gasteiger partial charge in [-0.1, -0.05) is 103 Å². The van der Waals surface area contributed by atoms with Crippen LogP contribution >= 0.6 is 0 Å². The summed E-state index contributed by atoms with van der Waals surface area (Å²) >= 11 is 0. The molecule has 0 saturated heterocycles. The Bertz CT molecular complexity index is 269. The average molecular weight is 401 g/mol. The molecule has 0 radical (unpaired) electrons. The van der Waals surface area contributed by atoms with Gasteiger partial charge in [0.05, 0.1) is 32.5 Å². The second kappa shape index (κ2) is 24.9. The first-order chi connectivity index (χ1) is 13.8. The summed E-state index contributed by atoms with van der Waals surface area (Å²) in [5, 5.41) is 0. The molecule has 0 aliphatic carbocycles. The van der Waals surface area contributed by atoms with E-state index in [0.29, 0.717) is 26.4 Å². The summed E-state index contributed by atoms with van der Waals surface area (Å²) in [6.07, 6.45) is 22.8. The maximum atomic E-state index is 5.61. The molecule has 0 atom stereocenters. The van der Waals surface area contributed by atoms with Crippen LogP contribution in [0.25, 0.3) is 0 Å². The molecule has 0 rings (SSSR count). The zero-order chi connectivity index (χ0) is 20.5. The standard InChI is InChI=1S/C25H52O3/c1-4-5-6-7-8-9-10-11-12-13-14-15-16-17-18-19-20-26-21-22-27-23-24-28-25(2)3/h25H,4-24H2,1-3H3. The maximum absolute atomic E-state index is 5.61. The molecular formula is C25H52O3. The topological polar surface area (TPSA) is 27.7 Å². The summed E-state index contributed by atoms with van der Waals surface area (Å²) in [5.74, 6) is 0. The minimum atomic E-state index is 0.287. The Morgan fingerprint density at radius 3 is 1.21 bits per heavy atom. The lowest BCUT2D eigenvalue weighted by Gasteiger charge is -2.08. The minimum absolute atomic E-state index is 0.287. The predicted molar refractivity (Wildman–Crippen MR) is 122 cm³/mol. The Morgan fingerprint density at radius 2 is 0.786 bits per heavy atom. The molecule has 170 valence electrons. The lowest BCUT2D eigenvalue weighted by molar-refractivity contribution is -0.00185. The molecule has 28 heavy (non-hydrogen) atoms. The van der Waals surface area contributed by atoms with E-state index in [0.717, 1.165) is 6.61 Å². The van der Waals surface area contributed by atoms with Crippen molar-refractivity contribution in [3.63, 3.8) is 0 Å². The van der Waals surface area contributed by atoms with Crippen molar-refractivity contribution in [2.45, 2.75) is 130 Å². The van der Waals surface area contributed by atoms with Gasteiger partial charge in [0, 0.05) is 6.61 Å². The maximum Gasteiger partial charge on any atom is 0.0703 e. The van der Waals surface area contributed by atoms with E-state index in [1.807, 2.05) is 13.8 Å². The van der Waals surface area contributed by atoms with Crippen LogP contribution in [0.15, 0.2) is 0 Å². The van der Waals surface area contributed by atoms with Gasteiger partial charge in [0.1, 0.15) is 0 Å². The predicted octanol–water partition coefficient (Wildman–Crippen LogP) is 7.71. The van der Waals surface area contributed by atoms with Crippen LogP contribution in [0.4, 0.5) is 0 Å². The van der Waals surface area contributed by atoms with E-state index in [-0.39, 0.29) is 6.10 Å². The highest BCUT2D eigenvalue weighted by atomic mass is 16.5. The van der Waals surface area contributed by atoms with Crippen molar-refractivity contribution in [2.24, 2.45) is 0 Å². The summed E-state index contributed by atoms with van der Waals surface area (Å²) in [5.41, 5.74) is 0. The number of ether oxygens (including phenoxy) is 3. The first kappa shape index (κ1) is 27.9. The van der Waals surface area contributed by atoms with Gasteiger partial charge < -0.3 is 14.2 Å². The van der Waals surface area contributed by atoms with Gasteiger partial charge in [-0.25, -0.2) is 0 Å². The quantitative estimate of drug-likeness (QED) is 0.155. The van der Waals surface area contributed by atoms with Crippen LogP contribution in [-0.2, 0) is 14.2 Å². The summed E-state index contributed by atoms with van der Waals surface area (Å²) in [7, 11) is 0. The fraction of sp³-hybridized carbons (Fsp3) is 1.00. The van der Waals surface area contributed by atoms with Gasteiger partial charge in [-0.15, -0.1) is 0 Å². The van der Waals surface area contributed by atoms with Crippen LogP contribution in [0.5, 0.6) is 0 Å². The largest absolute Gasteiger partial charge is 0.379 e. The fourth-order valence-corrected chi connectivity index (χ4v) is 3.42. The summed E-state index contributed by atoms with van der Waals surface area (Å²) < 4.78 is 16.5. The second-order valence-corrected chi connectivity index (χ2v) is 8.45. The van der Waals surface area contributed by atoms with Gasteiger partial charge >= 0.3 is 0 Å². The van der Waals surface area contributed by atoms with Crippen LogP contribution in [-0.4, -0.2) is 39.1 Å². The van der Waals surface area contributed by atoms with Crippen molar-refractivity contribution in [1.82, 2.24) is 0 Å². The molecule has 3 nitrogen and oxygen atoms in total. The normalized spacial score (nSPS) is 11.6. The van der Waals surface area contributed by atoms with Crippen LogP contribution in [0.1, 0.15) is 124 Å². The van der Waals surface area contributed by atoms with E-state index < -0.39 is 0 Å². The van der Waals surface area contributed by atoms with Crippen molar-refractivity contribution >= 4 is 0 Å². The molecule has 0 bridgehead atoms. The molecule has 0 unspecified atom stereocenters. The van der Waals surface area contributed by atoms with Crippen molar-refractivity contribution in [3.8, 4) is 0 Å². The van der Waals surface area contributed by atoms with Gasteiger partial charge in [0.25, 0.3) is 0 Å².